The molecule has 2 aromatic rings. The lowest BCUT2D eigenvalue weighted by atomic mass is 10.2. The molecule has 5 heteroatoms. The molecular formula is C14H14O4S. The van der Waals surface area contributed by atoms with Gasteiger partial charge < -0.3 is 4.74 Å². The third-order valence-corrected chi connectivity index (χ3v) is 2.92. The maximum absolute atomic E-state index is 11.0. The Labute approximate surface area is 112 Å². The Morgan fingerprint density at radius 3 is 2.26 bits per heavy atom. The zero-order chi connectivity index (χ0) is 13.7. The van der Waals surface area contributed by atoms with Gasteiger partial charge in [0, 0.05) is 5.56 Å². The molecule has 4 nitrogen and oxygen atoms in total. The lowest BCUT2D eigenvalue weighted by Crippen LogP contribution is -2.03. The summed E-state index contributed by atoms with van der Waals surface area (Å²) in [7, 11) is -3.47. The number of hydrogen-bond acceptors (Lipinski definition) is 4. The van der Waals surface area contributed by atoms with E-state index in [1.54, 1.807) is 18.2 Å². The molecule has 0 aliphatic carbocycles. The molecule has 0 aromatic heterocycles. The summed E-state index contributed by atoms with van der Waals surface area (Å²) in [4.78, 5) is 0. The van der Waals surface area contributed by atoms with Crippen LogP contribution in [0.25, 0.3) is 0 Å². The molecule has 0 fully saturated rings. The van der Waals surface area contributed by atoms with Crippen LogP contribution in [0.2, 0.25) is 0 Å². The van der Waals surface area contributed by atoms with Crippen LogP contribution in [-0.2, 0) is 20.9 Å². The minimum Gasteiger partial charge on any atom is -0.457 e. The number of hydrogen-bond donors (Lipinski definition) is 0. The van der Waals surface area contributed by atoms with Crippen molar-refractivity contribution < 1.29 is 17.3 Å². The lowest BCUT2D eigenvalue weighted by molar-refractivity contribution is 0.306. The molecule has 2 rings (SSSR count). The average molecular weight is 278 g/mol. The molecule has 0 heterocycles. The standard InChI is InChI=1S/C14H14O4S/c1-19(15,16)17-11-12-7-5-6-10-14(12)18-13-8-3-2-4-9-13/h2-10H,11H2,1H3. The predicted octanol–water partition coefficient (Wildman–Crippen LogP) is 2.96. The van der Waals surface area contributed by atoms with Crippen LogP contribution in [0.15, 0.2) is 54.6 Å². The Hall–Kier alpha value is -1.85. The second kappa shape index (κ2) is 5.86. The van der Waals surface area contributed by atoms with Crippen molar-refractivity contribution in [1.82, 2.24) is 0 Å². The van der Waals surface area contributed by atoms with Crippen molar-refractivity contribution in [2.24, 2.45) is 0 Å². The van der Waals surface area contributed by atoms with Crippen molar-refractivity contribution >= 4 is 10.1 Å². The largest absolute Gasteiger partial charge is 0.457 e. The number of para-hydroxylation sites is 2. The molecule has 0 bridgehead atoms. The molecule has 19 heavy (non-hydrogen) atoms. The van der Waals surface area contributed by atoms with Crippen LogP contribution in [0, 0.1) is 0 Å². The van der Waals surface area contributed by atoms with Crippen LogP contribution >= 0.6 is 0 Å². The number of rotatable bonds is 5. The minimum absolute atomic E-state index is 0.0398. The van der Waals surface area contributed by atoms with Gasteiger partial charge in [0.05, 0.1) is 12.9 Å². The van der Waals surface area contributed by atoms with Crippen molar-refractivity contribution in [3.63, 3.8) is 0 Å². The van der Waals surface area contributed by atoms with Gasteiger partial charge in [0.1, 0.15) is 11.5 Å². The third kappa shape index (κ3) is 4.39. The third-order valence-electron chi connectivity index (χ3n) is 2.37. The van der Waals surface area contributed by atoms with Gasteiger partial charge in [-0.1, -0.05) is 36.4 Å². The van der Waals surface area contributed by atoms with Gasteiger partial charge in [-0.2, -0.15) is 8.42 Å². The van der Waals surface area contributed by atoms with Crippen molar-refractivity contribution in [1.29, 1.82) is 0 Å². The van der Waals surface area contributed by atoms with Crippen LogP contribution in [-0.4, -0.2) is 14.7 Å². The number of benzene rings is 2. The molecule has 0 unspecified atom stereocenters. The molecule has 0 amide bonds. The van der Waals surface area contributed by atoms with Crippen molar-refractivity contribution in [3.8, 4) is 11.5 Å². The van der Waals surface area contributed by atoms with E-state index in [0.29, 0.717) is 17.1 Å². The Morgan fingerprint density at radius 1 is 0.947 bits per heavy atom. The molecule has 2 aromatic carbocycles. The fraction of sp³-hybridized carbons (Fsp3) is 0.143. The summed E-state index contributed by atoms with van der Waals surface area (Å²) in [5.41, 5.74) is 0.678. The SMILES string of the molecule is CS(=O)(=O)OCc1ccccc1Oc1ccccc1. The van der Waals surface area contributed by atoms with Gasteiger partial charge in [-0.15, -0.1) is 0 Å². The van der Waals surface area contributed by atoms with Crippen LogP contribution in [0.1, 0.15) is 5.56 Å². The molecule has 0 spiro atoms. The fourth-order valence-electron chi connectivity index (χ4n) is 1.51. The van der Waals surface area contributed by atoms with E-state index in [2.05, 4.69) is 0 Å². The highest BCUT2D eigenvalue weighted by Gasteiger charge is 2.08. The summed E-state index contributed by atoms with van der Waals surface area (Å²) in [5, 5.41) is 0. The Morgan fingerprint density at radius 2 is 1.58 bits per heavy atom. The second-order valence-electron chi connectivity index (χ2n) is 3.99. The lowest BCUT2D eigenvalue weighted by Gasteiger charge is -2.10. The van der Waals surface area contributed by atoms with Gasteiger partial charge in [-0.25, -0.2) is 0 Å². The van der Waals surface area contributed by atoms with E-state index in [-0.39, 0.29) is 6.61 Å². The predicted molar refractivity (Wildman–Crippen MR) is 72.6 cm³/mol. The van der Waals surface area contributed by atoms with E-state index in [1.807, 2.05) is 36.4 Å². The topological polar surface area (TPSA) is 52.6 Å². The molecule has 0 saturated heterocycles. The molecule has 0 aliphatic heterocycles. The first-order chi connectivity index (χ1) is 9.04. The van der Waals surface area contributed by atoms with E-state index in [0.717, 1.165) is 6.26 Å². The molecule has 0 aliphatic rings. The molecule has 0 radical (unpaired) electrons. The minimum atomic E-state index is -3.47. The zero-order valence-corrected chi connectivity index (χ0v) is 11.3. The van der Waals surface area contributed by atoms with E-state index in [1.165, 1.54) is 0 Å². The van der Waals surface area contributed by atoms with Crippen molar-refractivity contribution in [2.45, 2.75) is 6.61 Å². The highest BCUT2D eigenvalue weighted by Crippen LogP contribution is 2.25. The van der Waals surface area contributed by atoms with Crippen molar-refractivity contribution in [2.75, 3.05) is 6.26 Å². The smallest absolute Gasteiger partial charge is 0.264 e. The zero-order valence-electron chi connectivity index (χ0n) is 10.4. The van der Waals surface area contributed by atoms with Crippen molar-refractivity contribution in [3.05, 3.63) is 60.2 Å². The monoisotopic (exact) mass is 278 g/mol. The van der Waals surface area contributed by atoms with E-state index in [4.69, 9.17) is 8.92 Å². The van der Waals surface area contributed by atoms with Gasteiger partial charge in [0.2, 0.25) is 0 Å². The van der Waals surface area contributed by atoms with E-state index >= 15 is 0 Å². The summed E-state index contributed by atoms with van der Waals surface area (Å²) >= 11 is 0. The Kier molecular flexibility index (Phi) is 4.19. The highest BCUT2D eigenvalue weighted by molar-refractivity contribution is 7.85. The van der Waals surface area contributed by atoms with Crippen LogP contribution in [0.5, 0.6) is 11.5 Å². The first-order valence-corrected chi connectivity index (χ1v) is 7.51. The molecule has 100 valence electrons. The average Bonchev–Trinajstić information content (AvgIpc) is 2.38. The molecule has 0 N–H and O–H groups in total. The second-order valence-corrected chi connectivity index (χ2v) is 5.63. The number of ether oxygens (including phenoxy) is 1. The first kappa shape index (κ1) is 13.6. The summed E-state index contributed by atoms with van der Waals surface area (Å²) in [6.45, 7) is -0.0398. The van der Waals surface area contributed by atoms with Gasteiger partial charge in [0.25, 0.3) is 10.1 Å². The van der Waals surface area contributed by atoms with E-state index in [9.17, 15) is 8.42 Å². The van der Waals surface area contributed by atoms with Crippen LogP contribution in [0.3, 0.4) is 0 Å². The fourth-order valence-corrected chi connectivity index (χ4v) is 1.85. The molecule has 0 atom stereocenters. The van der Waals surface area contributed by atoms with Crippen LogP contribution in [0.4, 0.5) is 0 Å². The van der Waals surface area contributed by atoms with Gasteiger partial charge >= 0.3 is 0 Å². The molecule has 0 saturated carbocycles. The Balaban J connectivity index is 2.17. The van der Waals surface area contributed by atoms with Crippen LogP contribution < -0.4 is 4.74 Å². The quantitative estimate of drug-likeness (QED) is 0.789. The van der Waals surface area contributed by atoms with Gasteiger partial charge in [-0.3, -0.25) is 4.18 Å². The summed E-state index contributed by atoms with van der Waals surface area (Å²) in [6, 6.07) is 16.4. The summed E-state index contributed by atoms with van der Waals surface area (Å²) < 4.78 is 32.5. The first-order valence-electron chi connectivity index (χ1n) is 5.70. The summed E-state index contributed by atoms with van der Waals surface area (Å²) in [6.07, 6.45) is 1.02. The molecular weight excluding hydrogens is 264 g/mol. The maximum Gasteiger partial charge on any atom is 0.264 e. The highest BCUT2D eigenvalue weighted by atomic mass is 32.2. The Bertz CT molecular complexity index is 636. The van der Waals surface area contributed by atoms with Gasteiger partial charge in [-0.05, 0) is 18.2 Å². The normalized spacial score (nSPS) is 11.2. The maximum atomic E-state index is 11.0. The summed E-state index contributed by atoms with van der Waals surface area (Å²) in [5.74, 6) is 1.27. The van der Waals surface area contributed by atoms with Gasteiger partial charge in [0.15, 0.2) is 0 Å². The van der Waals surface area contributed by atoms with E-state index < -0.39 is 10.1 Å².